The Morgan fingerprint density at radius 3 is 2.51 bits per heavy atom. The molecule has 1 fully saturated rings. The number of likely N-dealkylation sites (N-methyl/N-ethyl adjacent to an activating group) is 1. The first-order chi connectivity index (χ1) is 18.5. The number of carbonyl (C=O) groups excluding carboxylic acids is 2. The lowest BCUT2D eigenvalue weighted by Crippen LogP contribution is -2.49. The number of anilines is 1. The van der Waals surface area contributed by atoms with Gasteiger partial charge >= 0.3 is 0 Å². The summed E-state index contributed by atoms with van der Waals surface area (Å²) in [4.78, 5) is 27.9. The molecule has 2 aromatic carbocycles. The molecule has 0 aromatic heterocycles. The summed E-state index contributed by atoms with van der Waals surface area (Å²) in [6, 6.07) is 8.67. The summed E-state index contributed by atoms with van der Waals surface area (Å²) in [5.41, 5.74) is 0.0488. The third-order valence-electron chi connectivity index (χ3n) is 7.55. The van der Waals surface area contributed by atoms with Crippen LogP contribution in [0.15, 0.2) is 36.4 Å². The van der Waals surface area contributed by atoms with Gasteiger partial charge in [-0.25, -0.2) is 4.39 Å². The van der Waals surface area contributed by atoms with Crippen molar-refractivity contribution in [3.8, 4) is 0 Å². The molecule has 2 amide bonds. The molecule has 4 rings (SSSR count). The van der Waals surface area contributed by atoms with Crippen LogP contribution in [-0.4, -0.2) is 56.6 Å². The smallest absolute Gasteiger partial charge is 0.237 e. The van der Waals surface area contributed by atoms with Crippen LogP contribution in [0, 0.1) is 11.2 Å². The molecular formula is C29H38Cl2FN5O2. The molecule has 4 atom stereocenters. The van der Waals surface area contributed by atoms with Gasteiger partial charge in [-0.2, -0.15) is 0 Å². The summed E-state index contributed by atoms with van der Waals surface area (Å²) in [7, 11) is 0. The molecule has 1 spiro atoms. The van der Waals surface area contributed by atoms with Gasteiger partial charge in [0.05, 0.1) is 11.1 Å². The van der Waals surface area contributed by atoms with Crippen molar-refractivity contribution < 1.29 is 14.0 Å². The Hall–Kier alpha value is -2.23. The highest BCUT2D eigenvalue weighted by Crippen LogP contribution is 2.57. The van der Waals surface area contributed by atoms with E-state index in [-0.39, 0.29) is 27.8 Å². The van der Waals surface area contributed by atoms with Crippen LogP contribution in [0.5, 0.6) is 0 Å². The van der Waals surface area contributed by atoms with Crippen molar-refractivity contribution in [1.82, 2.24) is 21.3 Å². The first kappa shape index (κ1) is 29.7. The molecule has 4 unspecified atom stereocenters. The van der Waals surface area contributed by atoms with Crippen LogP contribution in [0.25, 0.3) is 0 Å². The Bertz CT molecular complexity index is 1220. The van der Waals surface area contributed by atoms with Crippen molar-refractivity contribution in [3.05, 3.63) is 63.4 Å². The molecule has 2 aromatic rings. The van der Waals surface area contributed by atoms with Gasteiger partial charge in [-0.15, -0.1) is 0 Å². The van der Waals surface area contributed by atoms with Gasteiger partial charge in [0.2, 0.25) is 11.8 Å². The zero-order chi connectivity index (χ0) is 28.4. The fraction of sp³-hybridized carbons (Fsp3) is 0.517. The molecule has 7 nitrogen and oxygen atoms in total. The number of rotatable bonds is 10. The molecule has 10 heteroatoms. The minimum Gasteiger partial charge on any atom is -0.353 e. The maximum atomic E-state index is 15.8. The quantitative estimate of drug-likeness (QED) is 0.273. The standard InChI is InChI=1S/C29H38Cl2FN5O2/c1-5-33-11-12-34-13-14-35-26(38)25-23(18-7-6-8-20(31)24(18)32)29(22(37-25)16-28(2,3)4)19-10-9-17(30)15-21(19)36-27(29)39/h6-10,15,22-23,25,33-34,37H,5,11-14,16H2,1-4H3,(H,35,38)(H,36,39). The minimum absolute atomic E-state index is 0.0549. The van der Waals surface area contributed by atoms with Gasteiger partial charge in [0.1, 0.15) is 11.2 Å². The van der Waals surface area contributed by atoms with Crippen LogP contribution in [0.1, 0.15) is 51.2 Å². The minimum atomic E-state index is -1.26. The van der Waals surface area contributed by atoms with Crippen molar-refractivity contribution in [3.63, 3.8) is 0 Å². The van der Waals surface area contributed by atoms with Gasteiger partial charge in [0, 0.05) is 48.8 Å². The summed E-state index contributed by atoms with van der Waals surface area (Å²) in [5.74, 6) is -2.06. The van der Waals surface area contributed by atoms with E-state index < -0.39 is 29.2 Å². The van der Waals surface area contributed by atoms with Crippen molar-refractivity contribution in [2.45, 2.75) is 57.5 Å². The molecule has 2 aliphatic heterocycles. The fourth-order valence-corrected chi connectivity index (χ4v) is 6.37. The molecule has 0 radical (unpaired) electrons. The third-order valence-corrected chi connectivity index (χ3v) is 8.08. The highest BCUT2D eigenvalue weighted by atomic mass is 35.5. The van der Waals surface area contributed by atoms with E-state index >= 15 is 4.39 Å². The monoisotopic (exact) mass is 577 g/mol. The van der Waals surface area contributed by atoms with Gasteiger partial charge < -0.3 is 26.6 Å². The maximum absolute atomic E-state index is 15.8. The summed E-state index contributed by atoms with van der Waals surface area (Å²) in [6.45, 7) is 11.8. The average molecular weight is 579 g/mol. The van der Waals surface area contributed by atoms with E-state index in [4.69, 9.17) is 23.2 Å². The molecule has 1 saturated heterocycles. The number of benzene rings is 2. The number of hydrogen-bond acceptors (Lipinski definition) is 5. The first-order valence-electron chi connectivity index (χ1n) is 13.5. The van der Waals surface area contributed by atoms with Crippen LogP contribution in [0.2, 0.25) is 10.0 Å². The number of carbonyl (C=O) groups is 2. The first-order valence-corrected chi connectivity index (χ1v) is 14.3. The molecule has 5 N–H and O–H groups in total. The van der Waals surface area contributed by atoms with Crippen LogP contribution >= 0.6 is 23.2 Å². The number of halogens is 3. The molecule has 0 saturated carbocycles. The topological polar surface area (TPSA) is 94.3 Å². The second kappa shape index (κ2) is 12.1. The Balaban J connectivity index is 1.77. The normalized spacial score (nSPS) is 24.2. The van der Waals surface area contributed by atoms with E-state index in [2.05, 4.69) is 47.4 Å². The second-order valence-corrected chi connectivity index (χ2v) is 12.3. The van der Waals surface area contributed by atoms with Gasteiger partial charge in [0.25, 0.3) is 0 Å². The van der Waals surface area contributed by atoms with E-state index in [0.29, 0.717) is 35.8 Å². The van der Waals surface area contributed by atoms with E-state index in [0.717, 1.165) is 19.6 Å². The van der Waals surface area contributed by atoms with E-state index in [9.17, 15) is 9.59 Å². The lowest BCUT2D eigenvalue weighted by atomic mass is 9.62. The number of fused-ring (bicyclic) bond motifs is 2. The Kier molecular flexibility index (Phi) is 9.23. The molecule has 212 valence electrons. The lowest BCUT2D eigenvalue weighted by Gasteiger charge is -2.37. The highest BCUT2D eigenvalue weighted by molar-refractivity contribution is 6.31. The van der Waals surface area contributed by atoms with Crippen molar-refractivity contribution >= 4 is 40.7 Å². The highest BCUT2D eigenvalue weighted by Gasteiger charge is 2.66. The number of hydrogen-bond donors (Lipinski definition) is 5. The van der Waals surface area contributed by atoms with E-state index in [1.165, 1.54) is 6.07 Å². The average Bonchev–Trinajstić information content (AvgIpc) is 3.34. The summed E-state index contributed by atoms with van der Waals surface area (Å²) >= 11 is 12.5. The predicted octanol–water partition coefficient (Wildman–Crippen LogP) is 4.20. The van der Waals surface area contributed by atoms with E-state index in [1.54, 1.807) is 24.3 Å². The summed E-state index contributed by atoms with van der Waals surface area (Å²) < 4.78 is 15.8. The zero-order valence-electron chi connectivity index (χ0n) is 22.9. The van der Waals surface area contributed by atoms with Crippen LogP contribution in [-0.2, 0) is 15.0 Å². The second-order valence-electron chi connectivity index (χ2n) is 11.5. The molecule has 0 bridgehead atoms. The van der Waals surface area contributed by atoms with Gasteiger partial charge in [-0.3, -0.25) is 9.59 Å². The third kappa shape index (κ3) is 5.95. The van der Waals surface area contributed by atoms with Crippen molar-refractivity contribution in [2.24, 2.45) is 5.41 Å². The van der Waals surface area contributed by atoms with Crippen molar-refractivity contribution in [1.29, 1.82) is 0 Å². The Morgan fingerprint density at radius 1 is 1.08 bits per heavy atom. The Labute approximate surface area is 240 Å². The number of nitrogens with one attached hydrogen (secondary N) is 5. The van der Waals surface area contributed by atoms with Crippen LogP contribution < -0.4 is 26.6 Å². The largest absolute Gasteiger partial charge is 0.353 e. The molecule has 0 aliphatic carbocycles. The molecule has 2 heterocycles. The molecular weight excluding hydrogens is 540 g/mol. The molecule has 39 heavy (non-hydrogen) atoms. The maximum Gasteiger partial charge on any atom is 0.237 e. The number of amides is 2. The van der Waals surface area contributed by atoms with Gasteiger partial charge in [-0.05, 0) is 47.7 Å². The SMILES string of the molecule is CCNCCNCCNC(=O)C1NC(CC(C)(C)C)C2(C(=O)Nc3cc(Cl)ccc32)C1c1cccc(Cl)c1F. The molecule has 2 aliphatic rings. The predicted molar refractivity (Wildman–Crippen MR) is 155 cm³/mol. The zero-order valence-corrected chi connectivity index (χ0v) is 24.4. The van der Waals surface area contributed by atoms with E-state index in [1.807, 2.05) is 13.0 Å². The Morgan fingerprint density at radius 2 is 1.79 bits per heavy atom. The van der Waals surface area contributed by atoms with Gasteiger partial charge in [0.15, 0.2) is 0 Å². The van der Waals surface area contributed by atoms with Crippen LogP contribution in [0.4, 0.5) is 10.1 Å². The summed E-state index contributed by atoms with van der Waals surface area (Å²) in [6.07, 6.45) is 0.566. The summed E-state index contributed by atoms with van der Waals surface area (Å²) in [5, 5.41) is 16.4. The van der Waals surface area contributed by atoms with Gasteiger partial charge in [-0.1, -0.05) is 69.1 Å². The lowest BCUT2D eigenvalue weighted by molar-refractivity contribution is -0.123. The fourth-order valence-electron chi connectivity index (χ4n) is 6.01. The van der Waals surface area contributed by atoms with Crippen LogP contribution in [0.3, 0.4) is 0 Å². The van der Waals surface area contributed by atoms with Crippen molar-refractivity contribution in [2.75, 3.05) is 38.0 Å².